The summed E-state index contributed by atoms with van der Waals surface area (Å²) in [5, 5.41) is 9.15. The van der Waals surface area contributed by atoms with Crippen LogP contribution in [0.4, 0.5) is 5.69 Å². The van der Waals surface area contributed by atoms with Crippen LogP contribution < -0.4 is 11.1 Å². The van der Waals surface area contributed by atoms with Crippen LogP contribution in [0.5, 0.6) is 0 Å². The Morgan fingerprint density at radius 3 is 3.10 bits per heavy atom. The van der Waals surface area contributed by atoms with E-state index < -0.39 is 0 Å². The van der Waals surface area contributed by atoms with Crippen molar-refractivity contribution in [3.8, 4) is 5.82 Å². The van der Waals surface area contributed by atoms with Gasteiger partial charge in [0.15, 0.2) is 5.82 Å². The fraction of sp³-hybridized carbons (Fsp3) is 0.0833. The maximum Gasteiger partial charge on any atom is 0.275 e. The van der Waals surface area contributed by atoms with Crippen LogP contribution in [0.25, 0.3) is 5.82 Å². The van der Waals surface area contributed by atoms with E-state index in [0.29, 0.717) is 28.8 Å². The van der Waals surface area contributed by atoms with Crippen molar-refractivity contribution in [1.82, 2.24) is 24.7 Å². The number of aromatic nitrogens is 5. The first-order valence-electron chi connectivity index (χ1n) is 6.04. The molecule has 106 valence electrons. The number of nitrogens with two attached hydrogens (primary N) is 1. The Morgan fingerprint density at radius 2 is 2.38 bits per heavy atom. The Balaban J connectivity index is 1.86. The van der Waals surface area contributed by atoms with Gasteiger partial charge in [-0.15, -0.1) is 11.3 Å². The largest absolute Gasteiger partial charge is 0.325 e. The molecule has 1 amide bonds. The second-order valence-electron chi connectivity index (χ2n) is 4.00. The Labute approximate surface area is 123 Å². The molecule has 0 fully saturated rings. The molecule has 0 saturated carbocycles. The van der Waals surface area contributed by atoms with Crippen molar-refractivity contribution in [1.29, 1.82) is 0 Å². The van der Waals surface area contributed by atoms with Gasteiger partial charge < -0.3 is 11.1 Å². The summed E-state index contributed by atoms with van der Waals surface area (Å²) in [5.41, 5.74) is 6.34. The van der Waals surface area contributed by atoms with E-state index in [0.717, 1.165) is 0 Å². The summed E-state index contributed by atoms with van der Waals surface area (Å²) in [7, 11) is 0. The van der Waals surface area contributed by atoms with E-state index in [1.165, 1.54) is 28.7 Å². The number of amides is 1. The minimum Gasteiger partial charge on any atom is -0.325 e. The number of nitrogens with one attached hydrogen (secondary N) is 1. The van der Waals surface area contributed by atoms with E-state index in [1.807, 2.05) is 0 Å². The highest BCUT2D eigenvalue weighted by atomic mass is 32.1. The molecule has 0 bridgehead atoms. The van der Waals surface area contributed by atoms with Gasteiger partial charge in [0.25, 0.3) is 5.91 Å². The Bertz CT molecular complexity index is 753. The van der Waals surface area contributed by atoms with Gasteiger partial charge >= 0.3 is 0 Å². The Hall–Kier alpha value is -2.65. The molecule has 3 N–H and O–H groups in total. The average molecular weight is 301 g/mol. The van der Waals surface area contributed by atoms with Crippen molar-refractivity contribution < 1.29 is 4.79 Å². The lowest BCUT2D eigenvalue weighted by atomic mass is 10.3. The highest BCUT2D eigenvalue weighted by Crippen LogP contribution is 2.17. The molecule has 0 aromatic carbocycles. The lowest BCUT2D eigenvalue weighted by Gasteiger charge is -2.08. The molecular weight excluding hydrogens is 290 g/mol. The predicted molar refractivity (Wildman–Crippen MR) is 77.1 cm³/mol. The molecule has 0 aliphatic carbocycles. The summed E-state index contributed by atoms with van der Waals surface area (Å²) in [6.45, 7) is 0.315. The van der Waals surface area contributed by atoms with Gasteiger partial charge in [0, 0.05) is 18.1 Å². The number of thiazole rings is 1. The number of carbonyl (C=O) groups excluding carboxylic acids is 1. The molecule has 3 aromatic heterocycles. The molecule has 3 rings (SSSR count). The minimum absolute atomic E-state index is 0.315. The number of nitrogens with zero attached hydrogens (tertiary/aromatic N) is 5. The van der Waals surface area contributed by atoms with Crippen LogP contribution in [-0.4, -0.2) is 30.6 Å². The van der Waals surface area contributed by atoms with Gasteiger partial charge in [-0.3, -0.25) is 4.79 Å². The van der Waals surface area contributed by atoms with Gasteiger partial charge in [0.1, 0.15) is 23.4 Å². The first kappa shape index (κ1) is 13.3. The highest BCUT2D eigenvalue weighted by Gasteiger charge is 2.14. The number of anilines is 1. The van der Waals surface area contributed by atoms with Crippen LogP contribution in [0.2, 0.25) is 0 Å². The molecule has 0 unspecified atom stereocenters. The van der Waals surface area contributed by atoms with E-state index in [9.17, 15) is 4.79 Å². The van der Waals surface area contributed by atoms with E-state index in [1.54, 1.807) is 23.7 Å². The third kappa shape index (κ3) is 2.78. The zero-order valence-corrected chi connectivity index (χ0v) is 11.6. The number of carbonyl (C=O) groups is 1. The predicted octanol–water partition coefficient (Wildman–Crippen LogP) is 0.830. The van der Waals surface area contributed by atoms with Crippen LogP contribution in [0.15, 0.2) is 36.4 Å². The van der Waals surface area contributed by atoms with Crippen LogP contribution in [-0.2, 0) is 6.54 Å². The highest BCUT2D eigenvalue weighted by molar-refractivity contribution is 7.09. The first-order chi connectivity index (χ1) is 10.3. The summed E-state index contributed by atoms with van der Waals surface area (Å²) in [5.74, 6) is 0.165. The lowest BCUT2D eigenvalue weighted by Crippen LogP contribution is -2.15. The lowest BCUT2D eigenvalue weighted by molar-refractivity contribution is 0.102. The van der Waals surface area contributed by atoms with Gasteiger partial charge in [-0.05, 0) is 12.1 Å². The minimum atomic E-state index is -0.319. The van der Waals surface area contributed by atoms with E-state index in [-0.39, 0.29) is 5.91 Å². The van der Waals surface area contributed by atoms with Gasteiger partial charge in [0.05, 0.1) is 5.69 Å². The molecule has 0 atom stereocenters. The van der Waals surface area contributed by atoms with E-state index in [4.69, 9.17) is 5.73 Å². The second kappa shape index (κ2) is 5.77. The fourth-order valence-corrected chi connectivity index (χ4v) is 2.34. The molecule has 8 nitrogen and oxygen atoms in total. The number of hydrogen-bond acceptors (Lipinski definition) is 7. The van der Waals surface area contributed by atoms with Gasteiger partial charge in [-0.1, -0.05) is 0 Å². The third-order valence-electron chi connectivity index (χ3n) is 2.63. The Morgan fingerprint density at radius 1 is 1.48 bits per heavy atom. The monoisotopic (exact) mass is 301 g/mol. The van der Waals surface area contributed by atoms with Crippen LogP contribution >= 0.6 is 11.3 Å². The summed E-state index contributed by atoms with van der Waals surface area (Å²) in [4.78, 5) is 24.4. The molecule has 0 radical (unpaired) electrons. The molecule has 21 heavy (non-hydrogen) atoms. The van der Waals surface area contributed by atoms with Crippen molar-refractivity contribution in [2.45, 2.75) is 6.54 Å². The standard InChI is InChI=1S/C12H11N7OS/c13-4-10-17-9(5-21-10)12(20)18-8-2-1-3-15-11(8)19-7-14-6-16-19/h1-3,5-7H,4,13H2,(H,18,20). The molecule has 0 spiro atoms. The molecule has 0 aliphatic rings. The van der Waals surface area contributed by atoms with Crippen molar-refractivity contribution in [2.75, 3.05) is 5.32 Å². The number of rotatable bonds is 4. The molecule has 0 saturated heterocycles. The summed E-state index contributed by atoms with van der Waals surface area (Å²) in [6, 6.07) is 3.46. The third-order valence-corrected chi connectivity index (χ3v) is 3.50. The smallest absolute Gasteiger partial charge is 0.275 e. The van der Waals surface area contributed by atoms with Crippen LogP contribution in [0.3, 0.4) is 0 Å². The maximum absolute atomic E-state index is 12.2. The number of pyridine rings is 1. The molecule has 9 heteroatoms. The van der Waals surface area contributed by atoms with Gasteiger partial charge in [-0.25, -0.2) is 19.6 Å². The van der Waals surface area contributed by atoms with E-state index >= 15 is 0 Å². The normalized spacial score (nSPS) is 10.5. The Kier molecular flexibility index (Phi) is 3.67. The first-order valence-corrected chi connectivity index (χ1v) is 6.91. The van der Waals surface area contributed by atoms with E-state index in [2.05, 4.69) is 25.4 Å². The van der Waals surface area contributed by atoms with Crippen molar-refractivity contribution in [2.24, 2.45) is 5.73 Å². The average Bonchev–Trinajstić information content (AvgIpc) is 3.19. The summed E-state index contributed by atoms with van der Waals surface area (Å²) < 4.78 is 1.47. The zero-order chi connectivity index (χ0) is 14.7. The second-order valence-corrected chi connectivity index (χ2v) is 4.94. The topological polar surface area (TPSA) is 112 Å². The van der Waals surface area contributed by atoms with Gasteiger partial charge in [-0.2, -0.15) is 5.10 Å². The maximum atomic E-state index is 12.2. The van der Waals surface area contributed by atoms with Crippen molar-refractivity contribution in [3.05, 3.63) is 47.1 Å². The van der Waals surface area contributed by atoms with Crippen molar-refractivity contribution >= 4 is 22.9 Å². The SMILES string of the molecule is NCc1nc(C(=O)Nc2cccnc2-n2cncn2)cs1. The molecule has 3 aromatic rings. The zero-order valence-electron chi connectivity index (χ0n) is 10.8. The van der Waals surface area contributed by atoms with Crippen LogP contribution in [0, 0.1) is 0 Å². The molecule has 0 aliphatic heterocycles. The number of hydrogen-bond donors (Lipinski definition) is 2. The fourth-order valence-electron chi connectivity index (χ4n) is 1.69. The molecule has 3 heterocycles. The summed E-state index contributed by atoms with van der Waals surface area (Å²) >= 11 is 1.35. The summed E-state index contributed by atoms with van der Waals surface area (Å²) in [6.07, 6.45) is 4.52. The molecular formula is C12H11N7OS. The van der Waals surface area contributed by atoms with Gasteiger partial charge in [0.2, 0.25) is 0 Å². The van der Waals surface area contributed by atoms with Crippen molar-refractivity contribution in [3.63, 3.8) is 0 Å². The quantitative estimate of drug-likeness (QED) is 0.738. The van der Waals surface area contributed by atoms with Crippen LogP contribution in [0.1, 0.15) is 15.5 Å².